The summed E-state index contributed by atoms with van der Waals surface area (Å²) >= 11 is 0. The fourth-order valence-corrected chi connectivity index (χ4v) is 5.06. The molecule has 31 heavy (non-hydrogen) atoms. The van der Waals surface area contributed by atoms with Crippen molar-refractivity contribution in [3.63, 3.8) is 0 Å². The van der Waals surface area contributed by atoms with Gasteiger partial charge in [-0.3, -0.25) is 0 Å². The summed E-state index contributed by atoms with van der Waals surface area (Å²) in [6, 6.07) is 16.5. The van der Waals surface area contributed by atoms with Crippen molar-refractivity contribution in [2.75, 3.05) is 0 Å². The van der Waals surface area contributed by atoms with Crippen molar-refractivity contribution in [3.05, 3.63) is 72.1 Å². The maximum absolute atomic E-state index is 8.86. The molecule has 1 saturated carbocycles. The van der Waals surface area contributed by atoms with Crippen LogP contribution in [0, 0.1) is 12.8 Å². The summed E-state index contributed by atoms with van der Waals surface area (Å²) in [5, 5.41) is 4.36. The Morgan fingerprint density at radius 2 is 1.94 bits per heavy atom. The second kappa shape index (κ2) is 7.19. The highest BCUT2D eigenvalue weighted by atomic mass is 16.3. The molecule has 2 aromatic carbocycles. The van der Waals surface area contributed by atoms with Gasteiger partial charge in [-0.2, -0.15) is 0 Å². The molecule has 5 aromatic rings. The van der Waals surface area contributed by atoms with Gasteiger partial charge in [-0.1, -0.05) is 49.9 Å². The highest BCUT2D eigenvalue weighted by molar-refractivity contribution is 6.17. The summed E-state index contributed by atoms with van der Waals surface area (Å²) in [6.45, 7) is 2.12. The minimum atomic E-state index is -1.32. The maximum atomic E-state index is 8.86. The van der Waals surface area contributed by atoms with Crippen molar-refractivity contribution in [2.45, 2.75) is 39.0 Å². The summed E-state index contributed by atoms with van der Waals surface area (Å²) in [7, 11) is 2.02. The van der Waals surface area contributed by atoms with E-state index in [1.54, 1.807) is 0 Å². The van der Waals surface area contributed by atoms with Crippen molar-refractivity contribution in [2.24, 2.45) is 13.0 Å². The molecule has 154 valence electrons. The second-order valence-electron chi connectivity index (χ2n) is 8.83. The third-order valence-electron chi connectivity index (χ3n) is 6.72. The smallest absolute Gasteiger partial charge is 0.227 e. The van der Waals surface area contributed by atoms with Crippen LogP contribution in [-0.4, -0.2) is 4.98 Å². The summed E-state index contributed by atoms with van der Waals surface area (Å²) in [4.78, 5) is 4.57. The van der Waals surface area contributed by atoms with Crippen molar-refractivity contribution >= 4 is 32.8 Å². The van der Waals surface area contributed by atoms with Gasteiger partial charge in [0.25, 0.3) is 0 Å². The third kappa shape index (κ3) is 3.11. The zero-order chi connectivity index (χ0) is 22.7. The normalized spacial score (nSPS) is 16.3. The number of hydrogen-bond acceptors (Lipinski definition) is 2. The van der Waals surface area contributed by atoms with Crippen LogP contribution in [0.25, 0.3) is 44.1 Å². The number of furan rings is 1. The molecule has 1 aliphatic rings. The van der Waals surface area contributed by atoms with Crippen LogP contribution in [-0.2, 0) is 13.4 Å². The fraction of sp³-hybridized carbons (Fsp3) is 0.286. The number of rotatable bonds is 3. The van der Waals surface area contributed by atoms with Crippen LogP contribution in [0.2, 0.25) is 0 Å². The molecule has 0 N–H and O–H groups in total. The van der Waals surface area contributed by atoms with E-state index in [4.69, 9.17) is 7.16 Å². The van der Waals surface area contributed by atoms with Gasteiger partial charge in [0.15, 0.2) is 6.20 Å². The molecule has 6 rings (SSSR count). The predicted octanol–water partition coefficient (Wildman–Crippen LogP) is 6.67. The van der Waals surface area contributed by atoms with Gasteiger partial charge in [0.2, 0.25) is 11.4 Å². The van der Waals surface area contributed by atoms with E-state index in [2.05, 4.69) is 40.7 Å². The Morgan fingerprint density at radius 1 is 1.10 bits per heavy atom. The van der Waals surface area contributed by atoms with Crippen molar-refractivity contribution in [3.8, 4) is 11.3 Å². The standard InChI is InChI=1S/C28H27N2O/c1-18-13-24-26(31-28-27(24)22-10-6-5-9-21(22)17-29-28)16-23(18)25-15-20(11-12-30(25)2)14-19-7-3-4-8-19/h5-6,9-13,15-17,19H,3-4,7-8,14H2,1-2H3/q+1/i14D2. The fourth-order valence-electron chi connectivity index (χ4n) is 5.06. The van der Waals surface area contributed by atoms with Gasteiger partial charge in [-0.15, -0.1) is 0 Å². The minimum Gasteiger partial charge on any atom is -0.438 e. The van der Waals surface area contributed by atoms with E-state index in [0.717, 1.165) is 75.2 Å². The van der Waals surface area contributed by atoms with Crippen LogP contribution in [0.5, 0.6) is 0 Å². The largest absolute Gasteiger partial charge is 0.438 e. The number of aromatic nitrogens is 2. The van der Waals surface area contributed by atoms with Crippen LogP contribution in [0.1, 0.15) is 39.6 Å². The first-order valence-electron chi connectivity index (χ1n) is 12.1. The molecule has 0 atom stereocenters. The van der Waals surface area contributed by atoms with E-state index < -0.39 is 6.37 Å². The Morgan fingerprint density at radius 3 is 2.81 bits per heavy atom. The van der Waals surface area contributed by atoms with Crippen LogP contribution in [0.15, 0.2) is 65.3 Å². The Kier molecular flexibility index (Phi) is 3.83. The van der Waals surface area contributed by atoms with E-state index in [9.17, 15) is 0 Å². The van der Waals surface area contributed by atoms with Gasteiger partial charge in [0.05, 0.1) is 10.9 Å². The molecule has 0 amide bonds. The number of nitrogens with zero attached hydrogens (tertiary/aromatic N) is 2. The van der Waals surface area contributed by atoms with Crippen LogP contribution in [0.4, 0.5) is 0 Å². The first-order valence-corrected chi connectivity index (χ1v) is 11.1. The van der Waals surface area contributed by atoms with E-state index in [0.29, 0.717) is 5.71 Å². The van der Waals surface area contributed by atoms with Crippen LogP contribution < -0.4 is 4.57 Å². The lowest BCUT2D eigenvalue weighted by Crippen LogP contribution is -2.30. The number of fused-ring (bicyclic) bond motifs is 5. The van der Waals surface area contributed by atoms with Crippen LogP contribution >= 0.6 is 0 Å². The lowest BCUT2D eigenvalue weighted by atomic mass is 9.95. The zero-order valence-corrected chi connectivity index (χ0v) is 18.0. The average molecular weight is 410 g/mol. The molecular formula is C28H27N2O+. The molecule has 0 unspecified atom stereocenters. The molecular weight excluding hydrogens is 380 g/mol. The first kappa shape index (κ1) is 16.5. The SMILES string of the molecule is [2H]C([2H])(c1cc[n+](C)c(-c2cc3oc4ncc5ccccc5c4c3cc2C)c1)C1CCCC1. The minimum absolute atomic E-state index is 0.0939. The monoisotopic (exact) mass is 409 g/mol. The highest BCUT2D eigenvalue weighted by Crippen LogP contribution is 2.37. The van der Waals surface area contributed by atoms with Crippen molar-refractivity contribution in [1.82, 2.24) is 4.98 Å². The maximum Gasteiger partial charge on any atom is 0.227 e. The summed E-state index contributed by atoms with van der Waals surface area (Å²) < 4.78 is 26.0. The zero-order valence-electron chi connectivity index (χ0n) is 20.0. The van der Waals surface area contributed by atoms with Crippen molar-refractivity contribution < 1.29 is 11.7 Å². The molecule has 0 spiro atoms. The first-order chi connectivity index (χ1) is 15.9. The highest BCUT2D eigenvalue weighted by Gasteiger charge is 2.21. The van der Waals surface area contributed by atoms with Gasteiger partial charge >= 0.3 is 0 Å². The van der Waals surface area contributed by atoms with Crippen molar-refractivity contribution in [1.29, 1.82) is 0 Å². The topological polar surface area (TPSA) is 29.9 Å². The molecule has 0 radical (unpaired) electrons. The molecule has 0 bridgehead atoms. The number of hydrogen-bond donors (Lipinski definition) is 0. The van der Waals surface area contributed by atoms with Gasteiger partial charge in [-0.05, 0) is 47.9 Å². The van der Waals surface area contributed by atoms with Gasteiger partial charge in [0, 0.05) is 31.8 Å². The molecule has 3 aromatic heterocycles. The average Bonchev–Trinajstić information content (AvgIpc) is 3.47. The summed E-state index contributed by atoms with van der Waals surface area (Å²) in [6.07, 6.45) is 6.71. The number of aryl methyl sites for hydroxylation is 2. The molecule has 1 fully saturated rings. The quantitative estimate of drug-likeness (QED) is 0.312. The number of benzene rings is 2. The van der Waals surface area contributed by atoms with E-state index in [1.165, 1.54) is 0 Å². The molecule has 0 aliphatic heterocycles. The van der Waals surface area contributed by atoms with Gasteiger partial charge in [-0.25, -0.2) is 9.55 Å². The molecule has 3 nitrogen and oxygen atoms in total. The Balaban J connectivity index is 1.54. The predicted molar refractivity (Wildman–Crippen MR) is 126 cm³/mol. The Hall–Kier alpha value is -3.20. The lowest BCUT2D eigenvalue weighted by Gasteiger charge is -2.10. The Bertz CT molecular complexity index is 1530. The molecule has 3 heterocycles. The summed E-state index contributed by atoms with van der Waals surface area (Å²) in [5.41, 5.74) is 5.39. The Labute approximate surface area is 185 Å². The van der Waals surface area contributed by atoms with Gasteiger partial charge < -0.3 is 4.42 Å². The van der Waals surface area contributed by atoms with Gasteiger partial charge in [0.1, 0.15) is 12.6 Å². The number of pyridine rings is 2. The second-order valence-corrected chi connectivity index (χ2v) is 8.83. The molecule has 0 saturated heterocycles. The van der Waals surface area contributed by atoms with E-state index >= 15 is 0 Å². The molecule has 1 aliphatic carbocycles. The third-order valence-corrected chi connectivity index (χ3v) is 6.72. The van der Waals surface area contributed by atoms with E-state index in [-0.39, 0.29) is 5.92 Å². The summed E-state index contributed by atoms with van der Waals surface area (Å²) in [5.74, 6) is 0.0939. The van der Waals surface area contributed by atoms with Crippen LogP contribution in [0.3, 0.4) is 0 Å². The lowest BCUT2D eigenvalue weighted by molar-refractivity contribution is -0.660. The van der Waals surface area contributed by atoms with E-state index in [1.807, 2.05) is 43.7 Å². The molecule has 3 heteroatoms.